The van der Waals surface area contributed by atoms with Crippen molar-refractivity contribution in [2.45, 2.75) is 12.8 Å². The number of aromatic nitrogens is 2. The zero-order valence-corrected chi connectivity index (χ0v) is 15.1. The van der Waals surface area contributed by atoms with Crippen molar-refractivity contribution in [2.24, 2.45) is 11.8 Å². The largest absolute Gasteiger partial charge is 0.337 e. The summed E-state index contributed by atoms with van der Waals surface area (Å²) in [6, 6.07) is 9.81. The number of nitrogens with one attached hydrogen (secondary N) is 2. The normalized spacial score (nSPS) is 23.8. The molecule has 2 aliphatic heterocycles. The summed E-state index contributed by atoms with van der Waals surface area (Å²) in [7, 11) is 0. The highest BCUT2D eigenvalue weighted by molar-refractivity contribution is 9.10. The predicted molar refractivity (Wildman–Crippen MR) is 96.7 cm³/mol. The van der Waals surface area contributed by atoms with Crippen LogP contribution in [-0.2, 0) is 0 Å². The number of carbonyl (C=O) groups excluding carboxylic acids is 1. The molecule has 3 heterocycles. The van der Waals surface area contributed by atoms with Crippen molar-refractivity contribution in [3.05, 3.63) is 40.5 Å². The van der Waals surface area contributed by atoms with Crippen molar-refractivity contribution < 1.29 is 4.79 Å². The maximum Gasteiger partial charge on any atom is 0.271 e. The Hall–Kier alpha value is -1.66. The van der Waals surface area contributed by atoms with Gasteiger partial charge in [-0.3, -0.25) is 9.89 Å². The minimum Gasteiger partial charge on any atom is -0.337 e. The second kappa shape index (κ2) is 6.69. The Morgan fingerprint density at radius 1 is 1.12 bits per heavy atom. The summed E-state index contributed by atoms with van der Waals surface area (Å²) >= 11 is 3.43. The standard InChI is InChI=1S/C18H21BrN4O/c19-15-3-1-12(2-4-15)16-9-17(22-21-16)18(24)23-7-5-13-10-20-11-14(13)6-8-23/h1-4,9,13-14,20H,5-8,10-11H2,(H,21,22)/t13-,14+. The molecule has 2 N–H and O–H groups in total. The Balaban J connectivity index is 1.47. The molecule has 1 amide bonds. The number of amides is 1. The molecule has 0 radical (unpaired) electrons. The van der Waals surface area contributed by atoms with E-state index in [1.54, 1.807) is 0 Å². The lowest BCUT2D eigenvalue weighted by molar-refractivity contribution is 0.0752. The minimum absolute atomic E-state index is 0.0683. The number of likely N-dealkylation sites (tertiary alicyclic amines) is 1. The van der Waals surface area contributed by atoms with Gasteiger partial charge in [-0.1, -0.05) is 28.1 Å². The molecule has 4 rings (SSSR count). The lowest BCUT2D eigenvalue weighted by Crippen LogP contribution is -2.33. The molecule has 0 aliphatic carbocycles. The molecule has 2 aliphatic rings. The van der Waals surface area contributed by atoms with Gasteiger partial charge in [0.15, 0.2) is 0 Å². The van der Waals surface area contributed by atoms with Gasteiger partial charge in [0.1, 0.15) is 5.69 Å². The first-order valence-corrected chi connectivity index (χ1v) is 9.31. The molecule has 126 valence electrons. The van der Waals surface area contributed by atoms with E-state index in [-0.39, 0.29) is 5.91 Å². The highest BCUT2D eigenvalue weighted by Crippen LogP contribution is 2.28. The van der Waals surface area contributed by atoms with Gasteiger partial charge in [0.05, 0.1) is 5.69 Å². The van der Waals surface area contributed by atoms with Gasteiger partial charge in [0, 0.05) is 23.1 Å². The summed E-state index contributed by atoms with van der Waals surface area (Å²) in [5.41, 5.74) is 2.39. The van der Waals surface area contributed by atoms with Crippen LogP contribution in [0.5, 0.6) is 0 Å². The van der Waals surface area contributed by atoms with Crippen LogP contribution in [0.2, 0.25) is 0 Å². The SMILES string of the molecule is O=C(c1cc(-c2ccc(Br)cc2)n[nH]1)N1CC[C@@H]2CNC[C@@H]2CC1. The van der Waals surface area contributed by atoms with Crippen LogP contribution >= 0.6 is 15.9 Å². The van der Waals surface area contributed by atoms with E-state index in [0.717, 1.165) is 66.6 Å². The number of nitrogens with zero attached hydrogens (tertiary/aromatic N) is 2. The quantitative estimate of drug-likeness (QED) is 0.831. The molecule has 6 heteroatoms. The number of hydrogen-bond donors (Lipinski definition) is 2. The topological polar surface area (TPSA) is 61.0 Å². The summed E-state index contributed by atoms with van der Waals surface area (Å²) in [5.74, 6) is 1.52. The van der Waals surface area contributed by atoms with E-state index in [2.05, 4.69) is 31.4 Å². The molecule has 0 unspecified atom stereocenters. The summed E-state index contributed by atoms with van der Waals surface area (Å²) in [4.78, 5) is 14.8. The number of hydrogen-bond acceptors (Lipinski definition) is 3. The number of fused-ring (bicyclic) bond motifs is 1. The van der Waals surface area contributed by atoms with Crippen LogP contribution in [0.4, 0.5) is 0 Å². The fourth-order valence-electron chi connectivity index (χ4n) is 3.79. The molecule has 2 fully saturated rings. The van der Waals surface area contributed by atoms with Crippen LogP contribution in [0.15, 0.2) is 34.8 Å². The van der Waals surface area contributed by atoms with Crippen molar-refractivity contribution in [1.82, 2.24) is 20.4 Å². The monoisotopic (exact) mass is 388 g/mol. The van der Waals surface area contributed by atoms with Gasteiger partial charge in [0.25, 0.3) is 5.91 Å². The number of H-pyrrole nitrogens is 1. The number of rotatable bonds is 2. The average Bonchev–Trinajstić information content (AvgIpc) is 3.21. The van der Waals surface area contributed by atoms with Crippen LogP contribution in [0, 0.1) is 11.8 Å². The molecule has 0 saturated carbocycles. The fourth-order valence-corrected chi connectivity index (χ4v) is 4.06. The molecule has 1 aromatic carbocycles. The minimum atomic E-state index is 0.0683. The highest BCUT2D eigenvalue weighted by Gasteiger charge is 2.32. The average molecular weight is 389 g/mol. The van der Waals surface area contributed by atoms with Crippen molar-refractivity contribution in [1.29, 1.82) is 0 Å². The van der Waals surface area contributed by atoms with E-state index < -0.39 is 0 Å². The lowest BCUT2D eigenvalue weighted by atomic mass is 9.92. The van der Waals surface area contributed by atoms with E-state index in [9.17, 15) is 4.79 Å². The smallest absolute Gasteiger partial charge is 0.271 e. The third-order valence-corrected chi connectivity index (χ3v) is 5.78. The molecule has 1 aromatic heterocycles. The maximum absolute atomic E-state index is 12.8. The molecule has 2 aromatic rings. The zero-order chi connectivity index (χ0) is 16.5. The van der Waals surface area contributed by atoms with Crippen LogP contribution in [-0.4, -0.2) is 47.2 Å². The Morgan fingerprint density at radius 2 is 1.79 bits per heavy atom. The Bertz CT molecular complexity index is 713. The summed E-state index contributed by atoms with van der Waals surface area (Å²) in [6.07, 6.45) is 2.19. The van der Waals surface area contributed by atoms with Crippen molar-refractivity contribution >= 4 is 21.8 Å². The molecule has 2 atom stereocenters. The molecule has 5 nitrogen and oxygen atoms in total. The summed E-state index contributed by atoms with van der Waals surface area (Å²) in [5, 5.41) is 10.7. The summed E-state index contributed by atoms with van der Waals surface area (Å²) < 4.78 is 1.03. The Morgan fingerprint density at radius 3 is 2.46 bits per heavy atom. The first-order valence-electron chi connectivity index (χ1n) is 8.52. The molecular weight excluding hydrogens is 368 g/mol. The van der Waals surface area contributed by atoms with E-state index >= 15 is 0 Å². The molecule has 0 bridgehead atoms. The van der Waals surface area contributed by atoms with E-state index in [1.165, 1.54) is 0 Å². The van der Waals surface area contributed by atoms with Gasteiger partial charge in [-0.15, -0.1) is 0 Å². The van der Waals surface area contributed by atoms with Gasteiger partial charge >= 0.3 is 0 Å². The Labute approximate surface area is 149 Å². The van der Waals surface area contributed by atoms with Gasteiger partial charge in [-0.2, -0.15) is 5.10 Å². The third kappa shape index (κ3) is 3.13. The van der Waals surface area contributed by atoms with Crippen LogP contribution < -0.4 is 5.32 Å². The lowest BCUT2D eigenvalue weighted by Gasteiger charge is -2.19. The number of carbonyl (C=O) groups is 1. The molecule has 24 heavy (non-hydrogen) atoms. The third-order valence-electron chi connectivity index (χ3n) is 5.25. The predicted octanol–water partition coefficient (Wildman–Crippen LogP) is 2.91. The first-order chi connectivity index (χ1) is 11.7. The zero-order valence-electron chi connectivity index (χ0n) is 13.5. The van der Waals surface area contributed by atoms with Gasteiger partial charge in [0.2, 0.25) is 0 Å². The molecular formula is C18H21BrN4O. The summed E-state index contributed by atoms with van der Waals surface area (Å²) in [6.45, 7) is 3.89. The number of halogens is 1. The van der Waals surface area contributed by atoms with Gasteiger partial charge in [-0.25, -0.2) is 0 Å². The first kappa shape index (κ1) is 15.8. The van der Waals surface area contributed by atoms with Gasteiger partial charge in [-0.05, 0) is 56.0 Å². The van der Waals surface area contributed by atoms with Crippen molar-refractivity contribution in [2.75, 3.05) is 26.2 Å². The van der Waals surface area contributed by atoms with Crippen LogP contribution in [0.25, 0.3) is 11.3 Å². The van der Waals surface area contributed by atoms with E-state index in [4.69, 9.17) is 0 Å². The highest BCUT2D eigenvalue weighted by atomic mass is 79.9. The maximum atomic E-state index is 12.8. The molecule has 0 spiro atoms. The van der Waals surface area contributed by atoms with E-state index in [0.29, 0.717) is 5.69 Å². The second-order valence-corrected chi connectivity index (χ2v) is 7.64. The van der Waals surface area contributed by atoms with Gasteiger partial charge < -0.3 is 10.2 Å². The number of aromatic amines is 1. The number of benzene rings is 1. The second-order valence-electron chi connectivity index (χ2n) is 6.72. The van der Waals surface area contributed by atoms with Crippen LogP contribution in [0.3, 0.4) is 0 Å². The Kier molecular flexibility index (Phi) is 4.41. The van der Waals surface area contributed by atoms with Crippen molar-refractivity contribution in [3.8, 4) is 11.3 Å². The fraction of sp³-hybridized carbons (Fsp3) is 0.444. The molecule has 2 saturated heterocycles. The van der Waals surface area contributed by atoms with E-state index in [1.807, 2.05) is 35.2 Å². The van der Waals surface area contributed by atoms with Crippen LogP contribution in [0.1, 0.15) is 23.3 Å². The van der Waals surface area contributed by atoms with Crippen molar-refractivity contribution in [3.63, 3.8) is 0 Å².